The second-order valence-electron chi connectivity index (χ2n) is 4.60. The van der Waals surface area contributed by atoms with Crippen LogP contribution in [-0.4, -0.2) is 40.8 Å². The fraction of sp³-hybridized carbons (Fsp3) is 0.417. The quantitative estimate of drug-likeness (QED) is 0.289. The standard InChI is InChI=1S/C12H19ClN8O2/c1-4-15-12(23)21-17-5-16-11(22)7-9(14)20-10(8(13)19-7)18-6(2)3/h5-6H,4H2,1-3H3,(H3,14,18,20)(H2,15,21,23)(H,16,17,22). The van der Waals surface area contributed by atoms with E-state index in [9.17, 15) is 9.59 Å². The highest BCUT2D eigenvalue weighted by molar-refractivity contribution is 6.32. The first-order chi connectivity index (χ1) is 10.8. The molecule has 0 aliphatic carbocycles. The van der Waals surface area contributed by atoms with Crippen LogP contribution in [0, 0.1) is 0 Å². The largest absolute Gasteiger partial charge is 0.382 e. The molecular formula is C12H19ClN8O2. The Morgan fingerprint density at radius 2 is 2.09 bits per heavy atom. The summed E-state index contributed by atoms with van der Waals surface area (Å²) in [6.07, 6.45) is 0.993. The number of amides is 3. The first-order valence-corrected chi connectivity index (χ1v) is 7.18. The van der Waals surface area contributed by atoms with Crippen LogP contribution in [-0.2, 0) is 0 Å². The molecule has 0 spiro atoms. The number of nitrogens with two attached hydrogens (primary N) is 1. The maximum Gasteiger partial charge on any atom is 0.335 e. The van der Waals surface area contributed by atoms with E-state index in [1.165, 1.54) is 0 Å². The van der Waals surface area contributed by atoms with Gasteiger partial charge in [-0.25, -0.2) is 20.2 Å². The molecule has 0 radical (unpaired) electrons. The fourth-order valence-corrected chi connectivity index (χ4v) is 1.59. The monoisotopic (exact) mass is 342 g/mol. The van der Waals surface area contributed by atoms with E-state index in [4.69, 9.17) is 17.3 Å². The van der Waals surface area contributed by atoms with E-state index in [1.54, 1.807) is 6.92 Å². The Bertz CT molecular complexity index is 605. The highest BCUT2D eigenvalue weighted by Crippen LogP contribution is 2.20. The third-order valence-electron chi connectivity index (χ3n) is 2.28. The van der Waals surface area contributed by atoms with Gasteiger partial charge in [-0.2, -0.15) is 5.10 Å². The van der Waals surface area contributed by atoms with Crippen LogP contribution in [0.5, 0.6) is 0 Å². The molecule has 6 N–H and O–H groups in total. The van der Waals surface area contributed by atoms with E-state index in [0.29, 0.717) is 12.4 Å². The van der Waals surface area contributed by atoms with Crippen molar-refractivity contribution in [2.45, 2.75) is 26.8 Å². The molecule has 0 aromatic carbocycles. The normalized spacial score (nSPS) is 10.7. The van der Waals surface area contributed by atoms with Gasteiger partial charge in [-0.3, -0.25) is 4.79 Å². The first kappa shape index (κ1) is 18.4. The van der Waals surface area contributed by atoms with Crippen LogP contribution >= 0.6 is 11.6 Å². The molecule has 0 atom stereocenters. The molecule has 1 rings (SSSR count). The Morgan fingerprint density at radius 1 is 1.39 bits per heavy atom. The van der Waals surface area contributed by atoms with Crippen LogP contribution in [0.2, 0.25) is 5.15 Å². The summed E-state index contributed by atoms with van der Waals surface area (Å²) in [6, 6.07) is -0.419. The summed E-state index contributed by atoms with van der Waals surface area (Å²) in [6.45, 7) is 6.00. The number of aromatic nitrogens is 2. The molecule has 0 saturated carbocycles. The molecule has 23 heavy (non-hydrogen) atoms. The van der Waals surface area contributed by atoms with Gasteiger partial charge in [0, 0.05) is 12.6 Å². The minimum absolute atomic E-state index is 0.0236. The lowest BCUT2D eigenvalue weighted by atomic mass is 10.3. The van der Waals surface area contributed by atoms with Gasteiger partial charge in [0.15, 0.2) is 22.5 Å². The molecular weight excluding hydrogens is 324 g/mol. The van der Waals surface area contributed by atoms with Gasteiger partial charge in [0.2, 0.25) is 0 Å². The van der Waals surface area contributed by atoms with E-state index >= 15 is 0 Å². The molecule has 126 valence electrons. The second kappa shape index (κ2) is 8.73. The van der Waals surface area contributed by atoms with Crippen LogP contribution in [0.25, 0.3) is 0 Å². The molecule has 1 aromatic heterocycles. The smallest absolute Gasteiger partial charge is 0.335 e. The summed E-state index contributed by atoms with van der Waals surface area (Å²) in [5, 5.41) is 11.2. The summed E-state index contributed by atoms with van der Waals surface area (Å²) in [4.78, 5) is 30.9. The summed E-state index contributed by atoms with van der Waals surface area (Å²) < 4.78 is 0. The Labute approximate surface area is 138 Å². The molecule has 0 aliphatic rings. The Balaban J connectivity index is 2.71. The van der Waals surface area contributed by atoms with E-state index < -0.39 is 11.9 Å². The number of nitrogen functional groups attached to an aromatic ring is 1. The van der Waals surface area contributed by atoms with Gasteiger partial charge in [-0.15, -0.1) is 0 Å². The first-order valence-electron chi connectivity index (χ1n) is 6.80. The highest BCUT2D eigenvalue weighted by atomic mass is 35.5. The minimum Gasteiger partial charge on any atom is -0.382 e. The predicted octanol–water partition coefficient (Wildman–Crippen LogP) is 0.525. The predicted molar refractivity (Wildman–Crippen MR) is 88.4 cm³/mol. The van der Waals surface area contributed by atoms with Crippen molar-refractivity contribution >= 4 is 41.5 Å². The van der Waals surface area contributed by atoms with Crippen molar-refractivity contribution in [1.29, 1.82) is 0 Å². The summed E-state index contributed by atoms with van der Waals surface area (Å²) in [5.74, 6) is -0.447. The Kier molecular flexibility index (Phi) is 7.00. The zero-order valence-corrected chi connectivity index (χ0v) is 13.7. The highest BCUT2D eigenvalue weighted by Gasteiger charge is 2.16. The third kappa shape index (κ3) is 5.94. The summed E-state index contributed by atoms with van der Waals surface area (Å²) >= 11 is 5.96. The van der Waals surface area contributed by atoms with Crippen LogP contribution in [0.4, 0.5) is 16.4 Å². The van der Waals surface area contributed by atoms with Crippen molar-refractivity contribution in [3.63, 3.8) is 0 Å². The summed E-state index contributed by atoms with van der Waals surface area (Å²) in [7, 11) is 0. The fourth-order valence-electron chi connectivity index (χ4n) is 1.41. The SMILES string of the molecule is CCNC(=O)NN=CNC(=O)c1nc(Cl)c(NC(C)C)nc1N. The number of hydrogen-bond donors (Lipinski definition) is 5. The van der Waals surface area contributed by atoms with Crippen LogP contribution in [0.3, 0.4) is 0 Å². The average molecular weight is 343 g/mol. The maximum atomic E-state index is 11.9. The number of anilines is 2. The van der Waals surface area contributed by atoms with E-state index in [1.807, 2.05) is 13.8 Å². The molecule has 0 saturated heterocycles. The minimum atomic E-state index is -0.658. The van der Waals surface area contributed by atoms with Crippen molar-refractivity contribution < 1.29 is 9.59 Å². The topological polar surface area (TPSA) is 146 Å². The van der Waals surface area contributed by atoms with Crippen LogP contribution in [0.15, 0.2) is 5.10 Å². The zero-order chi connectivity index (χ0) is 17.4. The van der Waals surface area contributed by atoms with Gasteiger partial charge in [0.05, 0.1) is 0 Å². The number of hydrogen-bond acceptors (Lipinski definition) is 7. The Morgan fingerprint density at radius 3 is 2.70 bits per heavy atom. The lowest BCUT2D eigenvalue weighted by Crippen LogP contribution is -2.33. The third-order valence-corrected chi connectivity index (χ3v) is 2.55. The van der Waals surface area contributed by atoms with Gasteiger partial charge in [0.25, 0.3) is 5.91 Å². The van der Waals surface area contributed by atoms with Gasteiger partial charge < -0.3 is 21.7 Å². The van der Waals surface area contributed by atoms with Crippen molar-refractivity contribution in [3.8, 4) is 0 Å². The van der Waals surface area contributed by atoms with Gasteiger partial charge >= 0.3 is 6.03 Å². The van der Waals surface area contributed by atoms with Crippen LogP contribution < -0.4 is 27.1 Å². The van der Waals surface area contributed by atoms with Crippen molar-refractivity contribution in [2.24, 2.45) is 5.10 Å². The molecule has 1 heterocycles. The molecule has 11 heteroatoms. The molecule has 10 nitrogen and oxygen atoms in total. The number of carbonyl (C=O) groups excluding carboxylic acids is 2. The van der Waals surface area contributed by atoms with Gasteiger partial charge in [-0.1, -0.05) is 11.6 Å². The number of nitrogens with one attached hydrogen (secondary N) is 4. The molecule has 1 aromatic rings. The number of hydrazone groups is 1. The molecule has 0 bridgehead atoms. The Hall–Kier alpha value is -2.62. The number of nitrogens with zero attached hydrogens (tertiary/aromatic N) is 3. The van der Waals surface area contributed by atoms with Gasteiger partial charge in [0.1, 0.15) is 6.34 Å². The van der Waals surface area contributed by atoms with Crippen molar-refractivity contribution in [3.05, 3.63) is 10.8 Å². The van der Waals surface area contributed by atoms with E-state index in [-0.39, 0.29) is 22.7 Å². The lowest BCUT2D eigenvalue weighted by Gasteiger charge is -2.12. The van der Waals surface area contributed by atoms with Crippen molar-refractivity contribution in [1.82, 2.24) is 26.0 Å². The van der Waals surface area contributed by atoms with E-state index in [2.05, 4.69) is 36.4 Å². The molecule has 0 aliphatic heterocycles. The van der Waals surface area contributed by atoms with Crippen molar-refractivity contribution in [2.75, 3.05) is 17.6 Å². The van der Waals surface area contributed by atoms with E-state index in [0.717, 1.165) is 6.34 Å². The molecule has 0 unspecified atom stereocenters. The molecule has 3 amide bonds. The van der Waals surface area contributed by atoms with Gasteiger partial charge in [-0.05, 0) is 20.8 Å². The van der Waals surface area contributed by atoms with Crippen LogP contribution in [0.1, 0.15) is 31.3 Å². The molecule has 0 fully saturated rings. The summed E-state index contributed by atoms with van der Waals surface area (Å²) in [5.41, 5.74) is 7.71. The average Bonchev–Trinajstić information content (AvgIpc) is 2.46. The number of halogens is 1. The second-order valence-corrected chi connectivity index (χ2v) is 4.96. The number of urea groups is 1. The number of rotatable bonds is 6. The zero-order valence-electron chi connectivity index (χ0n) is 13.0. The maximum absolute atomic E-state index is 11.9. The lowest BCUT2D eigenvalue weighted by molar-refractivity contribution is 0.0974. The number of carbonyl (C=O) groups is 2.